The summed E-state index contributed by atoms with van der Waals surface area (Å²) < 4.78 is 10.8. The van der Waals surface area contributed by atoms with E-state index < -0.39 is 5.91 Å². The lowest BCUT2D eigenvalue weighted by Gasteiger charge is -2.06. The van der Waals surface area contributed by atoms with Crippen LogP contribution < -0.4 is 5.73 Å². The van der Waals surface area contributed by atoms with Gasteiger partial charge in [-0.05, 0) is 17.7 Å². The Hall–Kier alpha value is -2.41. The minimum absolute atomic E-state index is 0.0951. The van der Waals surface area contributed by atoms with E-state index in [1.165, 1.54) is 12.1 Å². The van der Waals surface area contributed by atoms with Crippen molar-refractivity contribution in [1.29, 1.82) is 0 Å². The quantitative estimate of drug-likeness (QED) is 0.616. The lowest BCUT2D eigenvalue weighted by molar-refractivity contribution is 0.100. The molecule has 0 aliphatic rings. The van der Waals surface area contributed by atoms with Crippen LogP contribution in [0.1, 0.15) is 21.8 Å². The second kappa shape index (κ2) is 8.31. The standard InChI is InChI=1S/C18H15Cl2N3O3/c19-13-7-6-12(17(21)24)16(20)15(13)18-22-14(26-23-18)8-9-25-10-11-4-2-1-3-5-11/h1-7H,8-10H2,(H2,21,24). The van der Waals surface area contributed by atoms with E-state index in [9.17, 15) is 4.79 Å². The van der Waals surface area contributed by atoms with Gasteiger partial charge < -0.3 is 15.0 Å². The van der Waals surface area contributed by atoms with Crippen LogP contribution in [0.5, 0.6) is 0 Å². The predicted octanol–water partition coefficient (Wildman–Crippen LogP) is 3.90. The molecule has 0 saturated carbocycles. The maximum atomic E-state index is 11.4. The fraction of sp³-hybridized carbons (Fsp3) is 0.167. The number of ether oxygens (including phenoxy) is 1. The molecule has 6 nitrogen and oxygen atoms in total. The Morgan fingerprint density at radius 1 is 1.15 bits per heavy atom. The molecule has 0 radical (unpaired) electrons. The van der Waals surface area contributed by atoms with Crippen LogP contribution in [0, 0.1) is 0 Å². The van der Waals surface area contributed by atoms with Gasteiger partial charge in [0.15, 0.2) is 0 Å². The molecule has 0 unspecified atom stereocenters. The van der Waals surface area contributed by atoms with Crippen molar-refractivity contribution in [2.24, 2.45) is 5.73 Å². The molecule has 134 valence electrons. The highest BCUT2D eigenvalue weighted by Gasteiger charge is 2.20. The van der Waals surface area contributed by atoms with Crippen molar-refractivity contribution in [2.45, 2.75) is 13.0 Å². The first-order valence-corrected chi connectivity index (χ1v) is 8.54. The zero-order valence-electron chi connectivity index (χ0n) is 13.6. The number of carbonyl (C=O) groups is 1. The third kappa shape index (κ3) is 4.22. The number of primary amides is 1. The van der Waals surface area contributed by atoms with Gasteiger partial charge in [-0.3, -0.25) is 4.79 Å². The molecule has 0 atom stereocenters. The molecule has 1 heterocycles. The minimum Gasteiger partial charge on any atom is -0.376 e. The maximum Gasteiger partial charge on any atom is 0.250 e. The number of carbonyl (C=O) groups excluding carboxylic acids is 1. The van der Waals surface area contributed by atoms with Gasteiger partial charge in [-0.1, -0.05) is 58.7 Å². The summed E-state index contributed by atoms with van der Waals surface area (Å²) in [4.78, 5) is 15.7. The number of halogens is 2. The monoisotopic (exact) mass is 391 g/mol. The van der Waals surface area contributed by atoms with Crippen LogP contribution in [0.15, 0.2) is 47.0 Å². The Bertz CT molecular complexity index is 913. The molecule has 2 aromatic carbocycles. The smallest absolute Gasteiger partial charge is 0.250 e. The van der Waals surface area contributed by atoms with Crippen molar-refractivity contribution in [2.75, 3.05) is 6.61 Å². The number of rotatable bonds is 7. The van der Waals surface area contributed by atoms with Crippen molar-refractivity contribution in [1.82, 2.24) is 10.1 Å². The van der Waals surface area contributed by atoms with E-state index in [4.69, 9.17) is 38.2 Å². The largest absolute Gasteiger partial charge is 0.376 e. The Balaban J connectivity index is 1.67. The molecule has 0 aliphatic heterocycles. The van der Waals surface area contributed by atoms with Gasteiger partial charge in [0.1, 0.15) is 0 Å². The topological polar surface area (TPSA) is 91.2 Å². The molecule has 3 rings (SSSR count). The molecule has 1 amide bonds. The van der Waals surface area contributed by atoms with Crippen LogP contribution in [0.3, 0.4) is 0 Å². The first-order chi connectivity index (χ1) is 12.6. The highest BCUT2D eigenvalue weighted by Crippen LogP contribution is 2.35. The fourth-order valence-electron chi connectivity index (χ4n) is 2.33. The van der Waals surface area contributed by atoms with Gasteiger partial charge in [0, 0.05) is 0 Å². The molecular weight excluding hydrogens is 377 g/mol. The molecule has 1 aromatic heterocycles. The molecule has 0 bridgehead atoms. The summed E-state index contributed by atoms with van der Waals surface area (Å²) in [6.45, 7) is 0.916. The van der Waals surface area contributed by atoms with E-state index in [1.54, 1.807) is 0 Å². The van der Waals surface area contributed by atoms with Gasteiger partial charge in [-0.25, -0.2) is 0 Å². The first-order valence-electron chi connectivity index (χ1n) is 7.78. The zero-order valence-corrected chi connectivity index (χ0v) is 15.1. The van der Waals surface area contributed by atoms with Gasteiger partial charge in [-0.15, -0.1) is 0 Å². The molecule has 0 fully saturated rings. The number of aromatic nitrogens is 2. The van der Waals surface area contributed by atoms with Gasteiger partial charge in [0.2, 0.25) is 17.6 Å². The molecule has 3 aromatic rings. The molecule has 0 saturated heterocycles. The summed E-state index contributed by atoms with van der Waals surface area (Å²) in [5, 5.41) is 4.28. The van der Waals surface area contributed by atoms with E-state index in [0.29, 0.717) is 36.1 Å². The predicted molar refractivity (Wildman–Crippen MR) is 98.1 cm³/mol. The lowest BCUT2D eigenvalue weighted by atomic mass is 10.1. The van der Waals surface area contributed by atoms with Crippen LogP contribution >= 0.6 is 23.2 Å². The van der Waals surface area contributed by atoms with Crippen LogP contribution in [0.25, 0.3) is 11.4 Å². The maximum absolute atomic E-state index is 11.4. The molecule has 2 N–H and O–H groups in total. The summed E-state index contributed by atoms with van der Waals surface area (Å²) in [6.07, 6.45) is 0.435. The van der Waals surface area contributed by atoms with E-state index in [2.05, 4.69) is 10.1 Å². The number of hydrogen-bond donors (Lipinski definition) is 1. The molecular formula is C18H15Cl2N3O3. The van der Waals surface area contributed by atoms with Crippen molar-refractivity contribution in [3.63, 3.8) is 0 Å². The number of benzene rings is 2. The minimum atomic E-state index is -0.661. The average Bonchev–Trinajstić information content (AvgIpc) is 3.08. The van der Waals surface area contributed by atoms with E-state index in [1.807, 2.05) is 30.3 Å². The summed E-state index contributed by atoms with van der Waals surface area (Å²) in [7, 11) is 0. The Morgan fingerprint density at radius 3 is 2.65 bits per heavy atom. The third-order valence-electron chi connectivity index (χ3n) is 3.62. The third-order valence-corrected chi connectivity index (χ3v) is 4.33. The van der Waals surface area contributed by atoms with E-state index in [0.717, 1.165) is 5.56 Å². The zero-order chi connectivity index (χ0) is 18.5. The number of nitrogens with two attached hydrogens (primary N) is 1. The summed E-state index contributed by atoms with van der Waals surface area (Å²) >= 11 is 12.4. The number of amides is 1. The highest BCUT2D eigenvalue weighted by atomic mass is 35.5. The molecule has 0 spiro atoms. The first kappa shape index (κ1) is 18.4. The summed E-state index contributed by atoms with van der Waals surface area (Å²) in [6, 6.07) is 12.8. The van der Waals surface area contributed by atoms with Gasteiger partial charge in [0.05, 0.1) is 40.8 Å². The lowest BCUT2D eigenvalue weighted by Crippen LogP contribution is -2.12. The second-order valence-corrected chi connectivity index (χ2v) is 6.23. The van der Waals surface area contributed by atoms with Crippen LogP contribution in [0.4, 0.5) is 0 Å². The Morgan fingerprint density at radius 2 is 1.92 bits per heavy atom. The van der Waals surface area contributed by atoms with Gasteiger partial charge in [-0.2, -0.15) is 4.98 Å². The van der Waals surface area contributed by atoms with Crippen LogP contribution in [0.2, 0.25) is 10.0 Å². The van der Waals surface area contributed by atoms with Crippen molar-refractivity contribution in [3.05, 3.63) is 69.5 Å². The number of hydrogen-bond acceptors (Lipinski definition) is 5. The second-order valence-electron chi connectivity index (χ2n) is 5.45. The van der Waals surface area contributed by atoms with E-state index in [-0.39, 0.29) is 16.4 Å². The molecule has 0 aliphatic carbocycles. The van der Waals surface area contributed by atoms with Crippen molar-refractivity contribution < 1.29 is 14.1 Å². The Labute approximate surface area is 159 Å². The molecule has 8 heteroatoms. The Kier molecular flexibility index (Phi) is 5.88. The van der Waals surface area contributed by atoms with Crippen molar-refractivity contribution >= 4 is 29.1 Å². The van der Waals surface area contributed by atoms with E-state index >= 15 is 0 Å². The summed E-state index contributed by atoms with van der Waals surface area (Å²) in [5.41, 5.74) is 6.83. The SMILES string of the molecule is NC(=O)c1ccc(Cl)c(-c2noc(CCOCc3ccccc3)n2)c1Cl. The number of nitrogens with zero attached hydrogens (tertiary/aromatic N) is 2. The van der Waals surface area contributed by atoms with Gasteiger partial charge in [0.25, 0.3) is 0 Å². The fourth-order valence-corrected chi connectivity index (χ4v) is 2.96. The average molecular weight is 392 g/mol. The van der Waals surface area contributed by atoms with Gasteiger partial charge >= 0.3 is 0 Å². The van der Waals surface area contributed by atoms with Crippen LogP contribution in [-0.2, 0) is 17.8 Å². The highest BCUT2D eigenvalue weighted by molar-refractivity contribution is 6.40. The van der Waals surface area contributed by atoms with Crippen molar-refractivity contribution in [3.8, 4) is 11.4 Å². The van der Waals surface area contributed by atoms with Crippen LogP contribution in [-0.4, -0.2) is 22.7 Å². The normalized spacial score (nSPS) is 10.8. The summed E-state index contributed by atoms with van der Waals surface area (Å²) in [5.74, 6) is -0.0863. The molecule has 26 heavy (non-hydrogen) atoms.